The standard InChI is InChI=1S/C30H28N4O5/c1-2-3-18-31(28(35)17-14-22-12-15-23(16-13-22)34(37)38)21-29(36)33-25-9-5-4-8-24(25)32-19-6-10-26(32)30(33)27-11-7-20-39-27/h4-17,19-20,30H,2-3,18,21H2,1H3/b17-14+. The number of carbonyl (C=O) groups is 2. The van der Waals surface area contributed by atoms with Gasteiger partial charge in [-0.3, -0.25) is 24.6 Å². The highest BCUT2D eigenvalue weighted by Gasteiger charge is 2.38. The Morgan fingerprint density at radius 1 is 1.03 bits per heavy atom. The zero-order valence-electron chi connectivity index (χ0n) is 21.5. The van der Waals surface area contributed by atoms with Crippen LogP contribution in [-0.2, 0) is 9.59 Å². The van der Waals surface area contributed by atoms with Gasteiger partial charge in [-0.05, 0) is 66.6 Å². The van der Waals surface area contributed by atoms with Gasteiger partial charge in [-0.1, -0.05) is 25.5 Å². The number of rotatable bonds is 9. The molecule has 0 radical (unpaired) electrons. The summed E-state index contributed by atoms with van der Waals surface area (Å²) in [5.74, 6) is 0.0881. The molecule has 2 aromatic heterocycles. The molecule has 1 unspecified atom stereocenters. The highest BCUT2D eigenvalue weighted by Crippen LogP contribution is 2.42. The van der Waals surface area contributed by atoms with Crippen LogP contribution in [0.5, 0.6) is 0 Å². The Kier molecular flexibility index (Phi) is 7.40. The first-order valence-electron chi connectivity index (χ1n) is 12.8. The van der Waals surface area contributed by atoms with Crippen molar-refractivity contribution in [1.82, 2.24) is 9.47 Å². The second kappa shape index (κ2) is 11.2. The molecular weight excluding hydrogens is 496 g/mol. The molecule has 39 heavy (non-hydrogen) atoms. The molecule has 0 fully saturated rings. The van der Waals surface area contributed by atoms with Crippen LogP contribution in [0.25, 0.3) is 11.8 Å². The number of fused-ring (bicyclic) bond motifs is 3. The van der Waals surface area contributed by atoms with Crippen molar-refractivity contribution in [3.05, 3.63) is 118 Å². The van der Waals surface area contributed by atoms with Gasteiger partial charge in [0.2, 0.25) is 11.8 Å². The topological polar surface area (TPSA) is 102 Å². The van der Waals surface area contributed by atoms with E-state index in [9.17, 15) is 19.7 Å². The molecule has 0 aliphatic carbocycles. The molecule has 1 atom stereocenters. The molecule has 0 saturated carbocycles. The lowest BCUT2D eigenvalue weighted by atomic mass is 10.0. The first-order valence-corrected chi connectivity index (χ1v) is 12.8. The average Bonchev–Trinajstić information content (AvgIpc) is 3.66. The molecule has 0 bridgehead atoms. The molecule has 0 N–H and O–H groups in total. The summed E-state index contributed by atoms with van der Waals surface area (Å²) in [6, 6.07) is 20.7. The van der Waals surface area contributed by atoms with Crippen LogP contribution >= 0.6 is 0 Å². The number of benzene rings is 2. The summed E-state index contributed by atoms with van der Waals surface area (Å²) < 4.78 is 7.84. The Labute approximate surface area is 225 Å². The predicted octanol–water partition coefficient (Wildman–Crippen LogP) is 5.76. The molecule has 3 heterocycles. The fourth-order valence-corrected chi connectivity index (χ4v) is 4.81. The van der Waals surface area contributed by atoms with Gasteiger partial charge in [0.05, 0.1) is 28.3 Å². The van der Waals surface area contributed by atoms with Gasteiger partial charge in [0.25, 0.3) is 5.69 Å². The van der Waals surface area contributed by atoms with E-state index < -0.39 is 11.0 Å². The molecule has 1 aliphatic rings. The van der Waals surface area contributed by atoms with Crippen LogP contribution < -0.4 is 4.90 Å². The highest BCUT2D eigenvalue weighted by atomic mass is 16.6. The number of nitrogens with zero attached hydrogens (tertiary/aromatic N) is 4. The molecule has 2 amide bonds. The van der Waals surface area contributed by atoms with Crippen molar-refractivity contribution < 1.29 is 18.9 Å². The molecule has 0 spiro atoms. The molecule has 0 saturated heterocycles. The zero-order valence-corrected chi connectivity index (χ0v) is 21.5. The van der Waals surface area contributed by atoms with Gasteiger partial charge in [-0.25, -0.2) is 0 Å². The Balaban J connectivity index is 1.43. The summed E-state index contributed by atoms with van der Waals surface area (Å²) in [4.78, 5) is 41.0. The third-order valence-corrected chi connectivity index (χ3v) is 6.74. The number of carbonyl (C=O) groups excluding carboxylic acids is 2. The van der Waals surface area contributed by atoms with Gasteiger partial charge in [0.15, 0.2) is 0 Å². The smallest absolute Gasteiger partial charge is 0.269 e. The van der Waals surface area contributed by atoms with Crippen molar-refractivity contribution in [2.24, 2.45) is 0 Å². The lowest BCUT2D eigenvalue weighted by molar-refractivity contribution is -0.384. The van der Waals surface area contributed by atoms with Crippen molar-refractivity contribution in [2.75, 3.05) is 18.0 Å². The van der Waals surface area contributed by atoms with Crippen LogP contribution in [0.1, 0.15) is 42.8 Å². The molecule has 198 valence electrons. The molecular formula is C30H28N4O5. The highest BCUT2D eigenvalue weighted by molar-refractivity contribution is 6.02. The monoisotopic (exact) mass is 524 g/mol. The van der Waals surface area contributed by atoms with E-state index in [0.717, 1.165) is 29.9 Å². The first-order chi connectivity index (χ1) is 19.0. The third kappa shape index (κ3) is 5.24. The average molecular weight is 525 g/mol. The van der Waals surface area contributed by atoms with E-state index in [1.165, 1.54) is 18.2 Å². The number of aromatic nitrogens is 1. The summed E-state index contributed by atoms with van der Waals surface area (Å²) in [5, 5.41) is 10.9. The summed E-state index contributed by atoms with van der Waals surface area (Å²) in [7, 11) is 0. The van der Waals surface area contributed by atoms with Gasteiger partial charge in [0.1, 0.15) is 18.3 Å². The molecule has 2 aromatic carbocycles. The van der Waals surface area contributed by atoms with Gasteiger partial charge in [-0.15, -0.1) is 0 Å². The first kappa shape index (κ1) is 25.7. The summed E-state index contributed by atoms with van der Waals surface area (Å²) in [5.41, 5.74) is 3.13. The summed E-state index contributed by atoms with van der Waals surface area (Å²) in [6.07, 6.45) is 8.16. The number of hydrogen-bond donors (Lipinski definition) is 0. The minimum absolute atomic E-state index is 0.0206. The lowest BCUT2D eigenvalue weighted by Crippen LogP contribution is -2.46. The van der Waals surface area contributed by atoms with Crippen molar-refractivity contribution in [3.63, 3.8) is 0 Å². The molecule has 1 aliphatic heterocycles. The second-order valence-corrected chi connectivity index (χ2v) is 9.27. The maximum Gasteiger partial charge on any atom is 0.269 e. The number of non-ortho nitro benzene ring substituents is 1. The van der Waals surface area contributed by atoms with E-state index in [2.05, 4.69) is 4.57 Å². The van der Waals surface area contributed by atoms with E-state index in [4.69, 9.17) is 4.42 Å². The predicted molar refractivity (Wildman–Crippen MR) is 147 cm³/mol. The molecule has 9 nitrogen and oxygen atoms in total. The van der Waals surface area contributed by atoms with Crippen molar-refractivity contribution in [1.29, 1.82) is 0 Å². The van der Waals surface area contributed by atoms with E-state index in [-0.39, 0.29) is 24.0 Å². The fraction of sp³-hybridized carbons (Fsp3) is 0.200. The SMILES string of the molecule is CCCCN(CC(=O)N1c2ccccc2-n2cccc2C1c1ccco1)C(=O)/C=C/c1ccc([N+](=O)[O-])cc1. The number of nitro benzene ring substituents is 1. The van der Waals surface area contributed by atoms with Crippen molar-refractivity contribution >= 4 is 29.3 Å². The number of furan rings is 1. The Bertz CT molecular complexity index is 1500. The summed E-state index contributed by atoms with van der Waals surface area (Å²) >= 11 is 0. The van der Waals surface area contributed by atoms with Gasteiger partial charge < -0.3 is 13.9 Å². The Morgan fingerprint density at radius 3 is 2.49 bits per heavy atom. The van der Waals surface area contributed by atoms with Crippen LogP contribution in [0.2, 0.25) is 0 Å². The van der Waals surface area contributed by atoms with Crippen LogP contribution in [-0.4, -0.2) is 39.3 Å². The number of nitro groups is 1. The van der Waals surface area contributed by atoms with Crippen LogP contribution in [0, 0.1) is 10.1 Å². The molecule has 5 rings (SSSR count). The van der Waals surface area contributed by atoms with Crippen molar-refractivity contribution in [2.45, 2.75) is 25.8 Å². The second-order valence-electron chi connectivity index (χ2n) is 9.27. The lowest BCUT2D eigenvalue weighted by Gasteiger charge is -2.38. The largest absolute Gasteiger partial charge is 0.467 e. The van der Waals surface area contributed by atoms with Gasteiger partial charge >= 0.3 is 0 Å². The van der Waals surface area contributed by atoms with E-state index >= 15 is 0 Å². The number of hydrogen-bond acceptors (Lipinski definition) is 5. The molecule has 9 heteroatoms. The maximum absolute atomic E-state index is 14.0. The van der Waals surface area contributed by atoms with Gasteiger partial charge in [-0.2, -0.15) is 0 Å². The third-order valence-electron chi connectivity index (χ3n) is 6.74. The number of para-hydroxylation sites is 2. The zero-order chi connectivity index (χ0) is 27.4. The van der Waals surface area contributed by atoms with Crippen molar-refractivity contribution in [3.8, 4) is 5.69 Å². The number of anilines is 1. The van der Waals surface area contributed by atoms with Gasteiger partial charge in [0, 0.05) is 31.0 Å². The molecule has 4 aromatic rings. The number of unbranched alkanes of at least 4 members (excludes halogenated alkanes) is 1. The van der Waals surface area contributed by atoms with E-state index in [1.807, 2.05) is 55.6 Å². The quantitative estimate of drug-likeness (QED) is 0.157. The van der Waals surface area contributed by atoms with E-state index in [0.29, 0.717) is 17.9 Å². The summed E-state index contributed by atoms with van der Waals surface area (Å²) in [6.45, 7) is 2.33. The number of amides is 2. The fourth-order valence-electron chi connectivity index (χ4n) is 4.81. The maximum atomic E-state index is 14.0. The minimum Gasteiger partial charge on any atom is -0.467 e. The van der Waals surface area contributed by atoms with E-state index in [1.54, 1.807) is 40.3 Å². The Morgan fingerprint density at radius 2 is 1.79 bits per heavy atom. The Hall–Kier alpha value is -4.92. The normalized spacial score (nSPS) is 14.2. The minimum atomic E-state index is -0.490. The van der Waals surface area contributed by atoms with Crippen LogP contribution in [0.4, 0.5) is 11.4 Å². The van der Waals surface area contributed by atoms with Crippen LogP contribution in [0.3, 0.4) is 0 Å². The van der Waals surface area contributed by atoms with Crippen LogP contribution in [0.15, 0.2) is 95.7 Å².